The van der Waals surface area contributed by atoms with Crippen LogP contribution in [0.1, 0.15) is 23.3 Å². The van der Waals surface area contributed by atoms with Gasteiger partial charge in [0.05, 0.1) is 11.1 Å². The number of rotatable bonds is 4. The second-order valence-corrected chi connectivity index (χ2v) is 9.21. The van der Waals surface area contributed by atoms with Crippen molar-refractivity contribution in [2.24, 2.45) is 0 Å². The second kappa shape index (κ2) is 8.34. The summed E-state index contributed by atoms with van der Waals surface area (Å²) in [5.41, 5.74) is 1.92. The largest absolute Gasteiger partial charge is 0.381 e. The summed E-state index contributed by atoms with van der Waals surface area (Å²) >= 11 is 4.90. The van der Waals surface area contributed by atoms with Gasteiger partial charge in [0.15, 0.2) is 5.13 Å². The van der Waals surface area contributed by atoms with Crippen LogP contribution in [-0.2, 0) is 14.9 Å². The van der Waals surface area contributed by atoms with Gasteiger partial charge in [-0.3, -0.25) is 4.79 Å². The maximum absolute atomic E-state index is 13.4. The maximum Gasteiger partial charge on any atom is 0.236 e. The van der Waals surface area contributed by atoms with Gasteiger partial charge in [0, 0.05) is 28.1 Å². The first-order valence-electron chi connectivity index (χ1n) is 9.36. The summed E-state index contributed by atoms with van der Waals surface area (Å²) in [6.07, 6.45) is 1.10. The fourth-order valence-electron chi connectivity index (χ4n) is 3.68. The monoisotopic (exact) mass is 474 g/mol. The highest BCUT2D eigenvalue weighted by Gasteiger charge is 2.42. The molecule has 1 fully saturated rings. The van der Waals surface area contributed by atoms with Crippen molar-refractivity contribution in [2.45, 2.75) is 25.2 Å². The summed E-state index contributed by atoms with van der Waals surface area (Å²) in [4.78, 5) is 19.1. The van der Waals surface area contributed by atoms with E-state index in [1.165, 1.54) is 23.5 Å². The summed E-state index contributed by atoms with van der Waals surface area (Å²) in [7, 11) is 0. The Kier molecular flexibility index (Phi) is 5.81. The number of ether oxygens (including phenoxy) is 1. The molecule has 1 saturated heterocycles. The number of nitrogens with one attached hydrogen (secondary N) is 1. The fourth-order valence-corrected chi connectivity index (χ4v) is 4.77. The smallest absolute Gasteiger partial charge is 0.236 e. The fraction of sp³-hybridized carbons (Fsp3) is 0.273. The number of carbonyl (C=O) groups excluding carboxylic acids is 1. The third kappa shape index (κ3) is 4.13. The van der Waals surface area contributed by atoms with E-state index in [9.17, 15) is 9.18 Å². The molecule has 4 rings (SSSR count). The van der Waals surface area contributed by atoms with Crippen LogP contribution >= 0.6 is 27.3 Å². The number of hydrogen-bond acceptors (Lipinski definition) is 4. The highest BCUT2D eigenvalue weighted by molar-refractivity contribution is 9.10. The molecule has 2 heterocycles. The van der Waals surface area contributed by atoms with Crippen LogP contribution in [0.3, 0.4) is 0 Å². The zero-order valence-corrected chi connectivity index (χ0v) is 18.3. The zero-order chi connectivity index (χ0) is 20.4. The minimum atomic E-state index is -0.747. The van der Waals surface area contributed by atoms with Crippen molar-refractivity contribution >= 4 is 38.3 Å². The van der Waals surface area contributed by atoms with E-state index in [4.69, 9.17) is 4.74 Å². The molecule has 1 N–H and O–H groups in total. The highest BCUT2D eigenvalue weighted by atomic mass is 79.9. The average Bonchev–Trinajstić information content (AvgIpc) is 3.09. The molecule has 0 unspecified atom stereocenters. The van der Waals surface area contributed by atoms with Gasteiger partial charge in [-0.1, -0.05) is 40.2 Å². The molecule has 3 aromatic rings. The normalized spacial score (nSPS) is 15.8. The number of aryl methyl sites for hydroxylation is 1. The average molecular weight is 475 g/mol. The Hall–Kier alpha value is -2.09. The number of benzene rings is 2. The van der Waals surface area contributed by atoms with E-state index < -0.39 is 5.41 Å². The number of halogens is 2. The molecule has 1 aromatic heterocycles. The molecule has 0 saturated carbocycles. The Morgan fingerprint density at radius 1 is 1.14 bits per heavy atom. The van der Waals surface area contributed by atoms with E-state index in [0.29, 0.717) is 31.2 Å². The summed E-state index contributed by atoms with van der Waals surface area (Å²) < 4.78 is 19.9. The molecular formula is C22H20BrFN2O2S. The SMILES string of the molecule is Cc1sc(NC(=O)C2(c3ccc(F)cc3)CCOCC2)nc1-c1ccc(Br)cc1. The van der Waals surface area contributed by atoms with Crippen molar-refractivity contribution < 1.29 is 13.9 Å². The van der Waals surface area contributed by atoms with Crippen molar-refractivity contribution in [1.29, 1.82) is 0 Å². The standard InChI is InChI=1S/C22H20BrFN2O2S/c1-14-19(15-2-6-17(23)7-3-15)25-21(29-14)26-20(27)22(10-12-28-13-11-22)16-4-8-18(24)9-5-16/h2-9H,10-13H2,1H3,(H,25,26,27). The van der Waals surface area contributed by atoms with Gasteiger partial charge >= 0.3 is 0 Å². The Balaban J connectivity index is 1.62. The lowest BCUT2D eigenvalue weighted by Crippen LogP contribution is -2.44. The topological polar surface area (TPSA) is 51.2 Å². The van der Waals surface area contributed by atoms with E-state index in [-0.39, 0.29) is 11.7 Å². The lowest BCUT2D eigenvalue weighted by atomic mass is 9.73. The number of thiazole rings is 1. The second-order valence-electron chi connectivity index (χ2n) is 7.09. The molecule has 0 aliphatic carbocycles. The van der Waals surface area contributed by atoms with Gasteiger partial charge in [0.2, 0.25) is 5.91 Å². The first kappa shape index (κ1) is 20.2. The summed E-state index contributed by atoms with van der Waals surface area (Å²) in [6, 6.07) is 14.1. The Bertz CT molecular complexity index is 1010. The van der Waals surface area contributed by atoms with Crippen LogP contribution in [0.2, 0.25) is 0 Å². The third-order valence-corrected chi connectivity index (χ3v) is 6.73. The molecule has 1 amide bonds. The molecule has 0 radical (unpaired) electrons. The number of carbonyl (C=O) groups is 1. The molecule has 150 valence electrons. The Morgan fingerprint density at radius 3 is 2.45 bits per heavy atom. The predicted molar refractivity (Wildman–Crippen MR) is 117 cm³/mol. The first-order valence-corrected chi connectivity index (χ1v) is 11.0. The van der Waals surface area contributed by atoms with Crippen molar-refractivity contribution in [3.63, 3.8) is 0 Å². The number of anilines is 1. The van der Waals surface area contributed by atoms with Crippen molar-refractivity contribution in [2.75, 3.05) is 18.5 Å². The van der Waals surface area contributed by atoms with E-state index >= 15 is 0 Å². The molecule has 7 heteroatoms. The van der Waals surface area contributed by atoms with Crippen molar-refractivity contribution in [3.8, 4) is 11.3 Å². The lowest BCUT2D eigenvalue weighted by Gasteiger charge is -2.36. The van der Waals surface area contributed by atoms with Crippen LogP contribution < -0.4 is 5.32 Å². The molecular weight excluding hydrogens is 455 g/mol. The van der Waals surface area contributed by atoms with E-state index in [0.717, 1.165) is 26.2 Å². The van der Waals surface area contributed by atoms with E-state index in [1.54, 1.807) is 12.1 Å². The summed E-state index contributed by atoms with van der Waals surface area (Å²) in [5, 5.41) is 3.59. The number of hydrogen-bond donors (Lipinski definition) is 1. The van der Waals surface area contributed by atoms with Gasteiger partial charge in [-0.2, -0.15) is 0 Å². The highest BCUT2D eigenvalue weighted by Crippen LogP contribution is 2.38. The van der Waals surface area contributed by atoms with Crippen LogP contribution in [0.5, 0.6) is 0 Å². The minimum absolute atomic E-state index is 0.122. The molecule has 29 heavy (non-hydrogen) atoms. The van der Waals surface area contributed by atoms with Gasteiger partial charge < -0.3 is 10.1 Å². The van der Waals surface area contributed by atoms with Crippen LogP contribution in [-0.4, -0.2) is 24.1 Å². The molecule has 4 nitrogen and oxygen atoms in total. The van der Waals surface area contributed by atoms with E-state index in [2.05, 4.69) is 26.2 Å². The molecule has 1 aliphatic heterocycles. The van der Waals surface area contributed by atoms with Gasteiger partial charge in [0.1, 0.15) is 5.82 Å². The number of amides is 1. The summed E-state index contributed by atoms with van der Waals surface area (Å²) in [6.45, 7) is 2.98. The van der Waals surface area contributed by atoms with E-state index in [1.807, 2.05) is 31.2 Å². The Labute approximate surface area is 181 Å². The van der Waals surface area contributed by atoms with Crippen LogP contribution in [0, 0.1) is 12.7 Å². The van der Waals surface area contributed by atoms with Gasteiger partial charge in [0.25, 0.3) is 0 Å². The van der Waals surface area contributed by atoms with Crippen LogP contribution in [0.25, 0.3) is 11.3 Å². The molecule has 1 aliphatic rings. The minimum Gasteiger partial charge on any atom is -0.381 e. The van der Waals surface area contributed by atoms with Crippen LogP contribution in [0.4, 0.5) is 9.52 Å². The van der Waals surface area contributed by atoms with Crippen molar-refractivity contribution in [1.82, 2.24) is 4.98 Å². The molecule has 0 bridgehead atoms. The lowest BCUT2D eigenvalue weighted by molar-refractivity contribution is -0.125. The third-order valence-electron chi connectivity index (χ3n) is 5.31. The summed E-state index contributed by atoms with van der Waals surface area (Å²) in [5.74, 6) is -0.436. The number of nitrogens with zero attached hydrogens (tertiary/aromatic N) is 1. The van der Waals surface area contributed by atoms with Crippen LogP contribution in [0.15, 0.2) is 53.0 Å². The molecule has 2 aromatic carbocycles. The van der Waals surface area contributed by atoms with Gasteiger partial charge in [-0.05, 0) is 49.6 Å². The predicted octanol–water partition coefficient (Wildman–Crippen LogP) is 5.71. The first-order chi connectivity index (χ1) is 14.0. The van der Waals surface area contributed by atoms with Crippen molar-refractivity contribution in [3.05, 3.63) is 69.3 Å². The van der Waals surface area contributed by atoms with Gasteiger partial charge in [-0.25, -0.2) is 9.37 Å². The maximum atomic E-state index is 13.4. The molecule has 0 atom stereocenters. The quantitative estimate of drug-likeness (QED) is 0.526. The number of aromatic nitrogens is 1. The zero-order valence-electron chi connectivity index (χ0n) is 15.9. The Morgan fingerprint density at radius 2 is 1.79 bits per heavy atom. The van der Waals surface area contributed by atoms with Gasteiger partial charge in [-0.15, -0.1) is 11.3 Å². The molecule has 0 spiro atoms.